The Morgan fingerprint density at radius 1 is 1.02 bits per heavy atom. The fraction of sp³-hybridized carbons (Fsp3) is 0.531. The monoisotopic (exact) mass is 613 g/mol. The van der Waals surface area contributed by atoms with Gasteiger partial charge in [0.05, 0.1) is 11.9 Å². The first-order chi connectivity index (χ1) is 21.0. The van der Waals surface area contributed by atoms with Crippen LogP contribution in [0.15, 0.2) is 30.5 Å². The van der Waals surface area contributed by atoms with Crippen molar-refractivity contribution in [1.82, 2.24) is 24.8 Å². The number of alkyl halides is 2. The van der Waals surface area contributed by atoms with Gasteiger partial charge in [0.25, 0.3) is 0 Å². The SMILES string of the molecule is CC(C)N1CC(F)(F)Oc2c(F)cc(-c3nc(Nc4ccc(C5CCN(CCN(C)C)CC5)c(C5CC5)n4)ncc3F)cc21. The maximum atomic E-state index is 15.1. The molecule has 1 N–H and O–H groups in total. The lowest BCUT2D eigenvalue weighted by atomic mass is 9.87. The summed E-state index contributed by atoms with van der Waals surface area (Å²) in [6.07, 6.45) is 1.86. The largest absolute Gasteiger partial charge is 0.426 e. The molecule has 1 saturated heterocycles. The summed E-state index contributed by atoms with van der Waals surface area (Å²) in [5.41, 5.74) is 2.45. The Labute approximate surface area is 255 Å². The van der Waals surface area contributed by atoms with Crippen molar-refractivity contribution in [3.8, 4) is 17.0 Å². The number of nitrogens with one attached hydrogen (secondary N) is 1. The van der Waals surface area contributed by atoms with Crippen LogP contribution in [-0.2, 0) is 0 Å². The highest BCUT2D eigenvalue weighted by Crippen LogP contribution is 2.45. The molecule has 0 spiro atoms. The van der Waals surface area contributed by atoms with E-state index in [0.717, 1.165) is 69.8 Å². The van der Waals surface area contributed by atoms with Crippen LogP contribution in [0.5, 0.6) is 5.75 Å². The number of ether oxygens (including phenoxy) is 1. The van der Waals surface area contributed by atoms with Crippen molar-refractivity contribution in [2.45, 2.75) is 63.5 Å². The smallest absolute Gasteiger partial charge is 0.416 e. The minimum atomic E-state index is -3.55. The van der Waals surface area contributed by atoms with E-state index >= 15 is 8.78 Å². The number of rotatable bonds is 9. The molecule has 8 nitrogen and oxygen atoms in total. The lowest BCUT2D eigenvalue weighted by molar-refractivity contribution is -0.174. The number of fused-ring (bicyclic) bond motifs is 1. The number of likely N-dealkylation sites (N-methyl/N-ethyl adjacent to an activating group) is 1. The van der Waals surface area contributed by atoms with Crippen LogP contribution >= 0.6 is 0 Å². The summed E-state index contributed by atoms with van der Waals surface area (Å²) in [7, 11) is 4.20. The van der Waals surface area contributed by atoms with Crippen molar-refractivity contribution in [3.05, 3.63) is 53.4 Å². The van der Waals surface area contributed by atoms with Gasteiger partial charge in [-0.3, -0.25) is 0 Å². The number of likely N-dealkylation sites (tertiary alicyclic amines) is 1. The van der Waals surface area contributed by atoms with Crippen molar-refractivity contribution in [3.63, 3.8) is 0 Å². The van der Waals surface area contributed by atoms with E-state index in [-0.39, 0.29) is 28.9 Å². The molecule has 0 amide bonds. The molecular formula is C32H39F4N7O. The maximum absolute atomic E-state index is 15.1. The van der Waals surface area contributed by atoms with E-state index in [0.29, 0.717) is 17.7 Å². The highest BCUT2D eigenvalue weighted by Gasteiger charge is 2.43. The van der Waals surface area contributed by atoms with E-state index in [2.05, 4.69) is 50.0 Å². The van der Waals surface area contributed by atoms with Crippen LogP contribution in [0.3, 0.4) is 0 Å². The third-order valence-corrected chi connectivity index (χ3v) is 8.63. The molecule has 0 radical (unpaired) electrons. The number of anilines is 3. The molecule has 3 aromatic rings. The topological polar surface area (TPSA) is 69.7 Å². The fourth-order valence-corrected chi connectivity index (χ4v) is 6.09. The maximum Gasteiger partial charge on any atom is 0.416 e. The number of hydrogen-bond donors (Lipinski definition) is 1. The van der Waals surface area contributed by atoms with Crippen LogP contribution in [0.4, 0.5) is 35.0 Å². The summed E-state index contributed by atoms with van der Waals surface area (Å²) in [5, 5.41) is 3.10. The van der Waals surface area contributed by atoms with Gasteiger partial charge in [-0.1, -0.05) is 6.07 Å². The molecule has 2 fully saturated rings. The highest BCUT2D eigenvalue weighted by atomic mass is 19.3. The van der Waals surface area contributed by atoms with Gasteiger partial charge in [0.15, 0.2) is 17.4 Å². The van der Waals surface area contributed by atoms with Crippen LogP contribution in [0.2, 0.25) is 0 Å². The first-order valence-electron chi connectivity index (χ1n) is 15.3. The molecule has 2 aliphatic heterocycles. The Balaban J connectivity index is 1.23. The molecule has 2 aromatic heterocycles. The number of pyridine rings is 1. The van der Waals surface area contributed by atoms with Gasteiger partial charge in [-0.15, -0.1) is 0 Å². The van der Waals surface area contributed by atoms with E-state index in [9.17, 15) is 8.78 Å². The van der Waals surface area contributed by atoms with Crippen LogP contribution in [0.1, 0.15) is 62.6 Å². The quantitative estimate of drug-likeness (QED) is 0.279. The molecule has 0 bridgehead atoms. The predicted molar refractivity (Wildman–Crippen MR) is 162 cm³/mol. The van der Waals surface area contributed by atoms with Crippen molar-refractivity contribution < 1.29 is 22.3 Å². The van der Waals surface area contributed by atoms with Crippen LogP contribution in [0, 0.1) is 11.6 Å². The third-order valence-electron chi connectivity index (χ3n) is 8.63. The summed E-state index contributed by atoms with van der Waals surface area (Å²) >= 11 is 0. The molecule has 44 heavy (non-hydrogen) atoms. The summed E-state index contributed by atoms with van der Waals surface area (Å²) in [4.78, 5) is 19.5. The van der Waals surface area contributed by atoms with Crippen molar-refractivity contribution in [1.29, 1.82) is 0 Å². The fourth-order valence-electron chi connectivity index (χ4n) is 6.09. The van der Waals surface area contributed by atoms with Crippen molar-refractivity contribution in [2.24, 2.45) is 0 Å². The zero-order valence-corrected chi connectivity index (χ0v) is 25.6. The van der Waals surface area contributed by atoms with Gasteiger partial charge < -0.3 is 24.8 Å². The molecule has 12 heteroatoms. The second kappa shape index (κ2) is 12.1. The number of piperidine rings is 1. The lowest BCUT2D eigenvalue weighted by Crippen LogP contribution is -2.48. The molecule has 3 aliphatic rings. The second-order valence-corrected chi connectivity index (χ2v) is 12.6. The Hall–Kier alpha value is -3.51. The molecular weight excluding hydrogens is 574 g/mol. The molecule has 6 rings (SSSR count). The molecule has 1 saturated carbocycles. The molecule has 1 aliphatic carbocycles. The van der Waals surface area contributed by atoms with Gasteiger partial charge in [0.2, 0.25) is 5.95 Å². The normalized spacial score (nSPS) is 18.9. The van der Waals surface area contributed by atoms with E-state index in [1.807, 2.05) is 6.07 Å². The van der Waals surface area contributed by atoms with Crippen LogP contribution in [0.25, 0.3) is 11.3 Å². The average Bonchev–Trinajstić information content (AvgIpc) is 3.83. The Bertz CT molecular complexity index is 1510. The molecule has 1 aromatic carbocycles. The Morgan fingerprint density at radius 2 is 1.77 bits per heavy atom. The minimum Gasteiger partial charge on any atom is -0.426 e. The molecule has 236 valence electrons. The highest BCUT2D eigenvalue weighted by molar-refractivity contribution is 5.73. The van der Waals surface area contributed by atoms with E-state index in [1.165, 1.54) is 16.5 Å². The van der Waals surface area contributed by atoms with Gasteiger partial charge in [-0.05, 0) is 96.4 Å². The molecule has 4 heterocycles. The number of hydrogen-bond acceptors (Lipinski definition) is 8. The minimum absolute atomic E-state index is 0.0857. The third kappa shape index (κ3) is 6.61. The lowest BCUT2D eigenvalue weighted by Gasteiger charge is -2.38. The predicted octanol–water partition coefficient (Wildman–Crippen LogP) is 6.38. The average molecular weight is 614 g/mol. The summed E-state index contributed by atoms with van der Waals surface area (Å²) in [5.74, 6) is -0.821. The Morgan fingerprint density at radius 3 is 2.45 bits per heavy atom. The van der Waals surface area contributed by atoms with Crippen molar-refractivity contribution in [2.75, 3.05) is 57.0 Å². The molecule has 0 atom stereocenters. The van der Waals surface area contributed by atoms with Gasteiger partial charge in [-0.25, -0.2) is 23.7 Å². The van der Waals surface area contributed by atoms with Crippen LogP contribution < -0.4 is 15.0 Å². The number of benzene rings is 1. The first kappa shape index (κ1) is 30.5. The first-order valence-corrected chi connectivity index (χ1v) is 15.3. The summed E-state index contributed by atoms with van der Waals surface area (Å²) < 4.78 is 63.1. The van der Waals surface area contributed by atoms with E-state index in [1.54, 1.807) is 13.8 Å². The van der Waals surface area contributed by atoms with E-state index in [4.69, 9.17) is 4.98 Å². The summed E-state index contributed by atoms with van der Waals surface area (Å²) in [6, 6.07) is 6.05. The van der Waals surface area contributed by atoms with Gasteiger partial charge in [-0.2, -0.15) is 8.78 Å². The number of aromatic nitrogens is 3. The van der Waals surface area contributed by atoms with Crippen LogP contribution in [-0.4, -0.2) is 83.7 Å². The van der Waals surface area contributed by atoms with Crippen molar-refractivity contribution >= 4 is 17.5 Å². The molecule has 0 unspecified atom stereocenters. The second-order valence-electron chi connectivity index (χ2n) is 12.6. The van der Waals surface area contributed by atoms with Gasteiger partial charge in [0, 0.05) is 36.3 Å². The zero-order valence-electron chi connectivity index (χ0n) is 25.6. The van der Waals surface area contributed by atoms with E-state index < -0.39 is 30.0 Å². The number of halogens is 4. The Kier molecular flexibility index (Phi) is 8.40. The standard InChI is InChI=1S/C32H39F4N7O/c1-19(2)43-18-32(35,36)44-30-24(33)15-22(16-26(30)43)29-25(34)17-37-31(40-29)39-27-8-7-23(28(38-27)21-5-6-21)20-9-11-42(12-10-20)14-13-41(3)4/h7-8,15-17,19-21H,5-6,9-14,18H2,1-4H3,(H,37,38,39,40). The summed E-state index contributed by atoms with van der Waals surface area (Å²) in [6.45, 7) is 6.95. The van der Waals surface area contributed by atoms with Gasteiger partial charge in [0.1, 0.15) is 18.1 Å². The zero-order chi connectivity index (χ0) is 31.2. The van der Waals surface area contributed by atoms with Gasteiger partial charge >= 0.3 is 6.11 Å². The number of nitrogens with zero attached hydrogens (tertiary/aromatic N) is 6.